The third-order valence-corrected chi connectivity index (χ3v) is 2.47. The summed E-state index contributed by atoms with van der Waals surface area (Å²) in [6.45, 7) is 0. The van der Waals surface area contributed by atoms with Gasteiger partial charge >= 0.3 is 5.97 Å². The van der Waals surface area contributed by atoms with Gasteiger partial charge in [-0.25, -0.2) is 18.6 Å². The van der Waals surface area contributed by atoms with Crippen molar-refractivity contribution in [2.75, 3.05) is 5.32 Å². The van der Waals surface area contributed by atoms with E-state index >= 15 is 0 Å². The monoisotopic (exact) mass is 228 g/mol. The summed E-state index contributed by atoms with van der Waals surface area (Å²) in [5.41, 5.74) is -0.00211. The molecule has 1 aliphatic carbocycles. The van der Waals surface area contributed by atoms with Crippen molar-refractivity contribution in [1.82, 2.24) is 4.98 Å². The minimum absolute atomic E-state index is 0.00211. The normalized spacial score (nSPS) is 18.9. The van der Waals surface area contributed by atoms with Gasteiger partial charge in [0, 0.05) is 25.1 Å². The first-order valence-electron chi connectivity index (χ1n) is 4.81. The quantitative estimate of drug-likeness (QED) is 0.830. The number of rotatable bonds is 3. The van der Waals surface area contributed by atoms with E-state index in [0.717, 1.165) is 0 Å². The number of nitrogens with zero attached hydrogens (tertiary/aromatic N) is 1. The number of nitrogens with one attached hydrogen (secondary N) is 1. The number of alkyl halides is 2. The van der Waals surface area contributed by atoms with Crippen LogP contribution in [0.1, 0.15) is 23.2 Å². The van der Waals surface area contributed by atoms with Gasteiger partial charge in [0.2, 0.25) is 0 Å². The number of hydrogen-bond acceptors (Lipinski definition) is 3. The van der Waals surface area contributed by atoms with E-state index in [4.69, 9.17) is 5.11 Å². The molecule has 0 aromatic carbocycles. The first-order chi connectivity index (χ1) is 7.48. The van der Waals surface area contributed by atoms with Crippen LogP contribution in [0.15, 0.2) is 18.3 Å². The zero-order valence-electron chi connectivity index (χ0n) is 8.28. The summed E-state index contributed by atoms with van der Waals surface area (Å²) in [6.07, 6.45) is 0.872. The summed E-state index contributed by atoms with van der Waals surface area (Å²) < 4.78 is 25.1. The lowest BCUT2D eigenvalue weighted by atomic mass is 9.88. The van der Waals surface area contributed by atoms with Crippen molar-refractivity contribution in [3.8, 4) is 0 Å². The average Bonchev–Trinajstić information content (AvgIpc) is 2.15. The van der Waals surface area contributed by atoms with Gasteiger partial charge in [0.05, 0.1) is 0 Å². The molecule has 2 N–H and O–H groups in total. The second kappa shape index (κ2) is 3.70. The number of carboxylic acid groups (broad SMARTS) is 1. The largest absolute Gasteiger partial charge is 0.478 e. The fraction of sp³-hybridized carbons (Fsp3) is 0.400. The minimum Gasteiger partial charge on any atom is -0.478 e. The molecule has 4 nitrogen and oxygen atoms in total. The van der Waals surface area contributed by atoms with Gasteiger partial charge in [-0.15, -0.1) is 0 Å². The van der Waals surface area contributed by atoms with Crippen molar-refractivity contribution in [2.24, 2.45) is 0 Å². The predicted molar refractivity (Wildman–Crippen MR) is 52.8 cm³/mol. The van der Waals surface area contributed by atoms with Crippen LogP contribution in [0.5, 0.6) is 0 Å². The van der Waals surface area contributed by atoms with Gasteiger partial charge in [-0.05, 0) is 12.1 Å². The molecule has 1 aromatic heterocycles. The Morgan fingerprint density at radius 1 is 1.56 bits per heavy atom. The molecule has 0 atom stereocenters. The summed E-state index contributed by atoms with van der Waals surface area (Å²) in [4.78, 5) is 14.6. The molecule has 0 aliphatic heterocycles. The Morgan fingerprint density at radius 3 is 2.81 bits per heavy atom. The van der Waals surface area contributed by atoms with Gasteiger partial charge in [-0.1, -0.05) is 0 Å². The molecule has 86 valence electrons. The van der Waals surface area contributed by atoms with Crippen molar-refractivity contribution < 1.29 is 18.7 Å². The summed E-state index contributed by atoms with van der Waals surface area (Å²) in [7, 11) is 0. The number of aromatic carboxylic acids is 1. The molecule has 1 fully saturated rings. The SMILES string of the molecule is O=C(O)c1cccnc1NC1CC(F)(F)C1. The third kappa shape index (κ3) is 2.10. The van der Waals surface area contributed by atoms with E-state index in [-0.39, 0.29) is 24.2 Å². The van der Waals surface area contributed by atoms with E-state index in [1.165, 1.54) is 18.3 Å². The summed E-state index contributed by atoms with van der Waals surface area (Å²) >= 11 is 0. The zero-order valence-corrected chi connectivity index (χ0v) is 8.28. The molecule has 1 aliphatic rings. The number of hydrogen-bond donors (Lipinski definition) is 2. The predicted octanol–water partition coefficient (Wildman–Crippen LogP) is 1.99. The fourth-order valence-electron chi connectivity index (χ4n) is 1.65. The Labute approximate surface area is 90.3 Å². The maximum absolute atomic E-state index is 12.6. The maximum atomic E-state index is 12.6. The molecule has 1 aromatic rings. The summed E-state index contributed by atoms with van der Waals surface area (Å²) in [6, 6.07) is 2.47. The van der Waals surface area contributed by atoms with Gasteiger partial charge in [0.1, 0.15) is 11.4 Å². The molecule has 0 saturated heterocycles. The lowest BCUT2D eigenvalue weighted by molar-refractivity contribution is -0.0794. The molecule has 0 radical (unpaired) electrons. The van der Waals surface area contributed by atoms with Crippen LogP contribution in [0, 0.1) is 0 Å². The highest BCUT2D eigenvalue weighted by molar-refractivity contribution is 5.93. The number of aromatic nitrogens is 1. The maximum Gasteiger partial charge on any atom is 0.339 e. The van der Waals surface area contributed by atoms with Crippen LogP contribution < -0.4 is 5.32 Å². The topological polar surface area (TPSA) is 62.2 Å². The number of pyridine rings is 1. The number of anilines is 1. The average molecular weight is 228 g/mol. The molecule has 1 heterocycles. The molecule has 0 amide bonds. The Balaban J connectivity index is 2.08. The van der Waals surface area contributed by atoms with Crippen LogP contribution in [0.2, 0.25) is 0 Å². The highest BCUT2D eigenvalue weighted by Crippen LogP contribution is 2.39. The lowest BCUT2D eigenvalue weighted by Gasteiger charge is -2.35. The highest BCUT2D eigenvalue weighted by atomic mass is 19.3. The molecule has 1 saturated carbocycles. The van der Waals surface area contributed by atoms with E-state index in [2.05, 4.69) is 10.3 Å². The van der Waals surface area contributed by atoms with Crippen LogP contribution in [-0.4, -0.2) is 28.0 Å². The van der Waals surface area contributed by atoms with E-state index in [9.17, 15) is 13.6 Å². The van der Waals surface area contributed by atoms with Crippen LogP contribution in [0.25, 0.3) is 0 Å². The van der Waals surface area contributed by atoms with E-state index in [1.54, 1.807) is 0 Å². The van der Waals surface area contributed by atoms with Gasteiger partial charge in [0.15, 0.2) is 0 Å². The number of carbonyl (C=O) groups is 1. The number of carboxylic acids is 1. The Morgan fingerprint density at radius 2 is 2.25 bits per heavy atom. The van der Waals surface area contributed by atoms with E-state index in [1.807, 2.05) is 0 Å². The molecule has 6 heteroatoms. The fourth-order valence-corrected chi connectivity index (χ4v) is 1.65. The van der Waals surface area contributed by atoms with Crippen molar-refractivity contribution in [3.05, 3.63) is 23.9 Å². The standard InChI is InChI=1S/C10H10F2N2O2/c11-10(12)4-6(5-10)14-8-7(9(15)16)2-1-3-13-8/h1-3,6H,4-5H2,(H,13,14)(H,15,16). The van der Waals surface area contributed by atoms with Gasteiger partial charge in [0.25, 0.3) is 5.92 Å². The Kier molecular flexibility index (Phi) is 2.49. The molecule has 0 unspecified atom stereocenters. The second-order valence-corrected chi connectivity index (χ2v) is 3.81. The summed E-state index contributed by atoms with van der Waals surface area (Å²) in [5.74, 6) is -3.60. The third-order valence-electron chi connectivity index (χ3n) is 2.47. The van der Waals surface area contributed by atoms with Crippen molar-refractivity contribution in [3.63, 3.8) is 0 Å². The molecule has 0 bridgehead atoms. The van der Waals surface area contributed by atoms with E-state index in [0.29, 0.717) is 0 Å². The summed E-state index contributed by atoms with van der Waals surface area (Å²) in [5, 5.41) is 11.6. The van der Waals surface area contributed by atoms with Gasteiger partial charge < -0.3 is 10.4 Å². The minimum atomic E-state index is -2.63. The molecular weight excluding hydrogens is 218 g/mol. The van der Waals surface area contributed by atoms with Crippen molar-refractivity contribution in [2.45, 2.75) is 24.8 Å². The van der Waals surface area contributed by atoms with Gasteiger partial charge in [-0.3, -0.25) is 0 Å². The van der Waals surface area contributed by atoms with Crippen LogP contribution >= 0.6 is 0 Å². The van der Waals surface area contributed by atoms with Crippen LogP contribution in [-0.2, 0) is 0 Å². The number of halogens is 2. The Bertz CT molecular complexity index is 415. The van der Waals surface area contributed by atoms with Crippen LogP contribution in [0.3, 0.4) is 0 Å². The lowest BCUT2D eigenvalue weighted by Crippen LogP contribution is -2.44. The zero-order chi connectivity index (χ0) is 11.8. The van der Waals surface area contributed by atoms with Crippen LogP contribution in [0.4, 0.5) is 14.6 Å². The smallest absolute Gasteiger partial charge is 0.339 e. The molecule has 2 rings (SSSR count). The Hall–Kier alpha value is -1.72. The molecular formula is C10H10F2N2O2. The van der Waals surface area contributed by atoms with Crippen molar-refractivity contribution >= 4 is 11.8 Å². The van der Waals surface area contributed by atoms with Crippen molar-refractivity contribution in [1.29, 1.82) is 0 Å². The highest BCUT2D eigenvalue weighted by Gasteiger charge is 2.45. The first kappa shape index (κ1) is 10.8. The molecule has 16 heavy (non-hydrogen) atoms. The molecule has 0 spiro atoms. The second-order valence-electron chi connectivity index (χ2n) is 3.81. The van der Waals surface area contributed by atoms with Gasteiger partial charge in [-0.2, -0.15) is 0 Å². The van der Waals surface area contributed by atoms with E-state index < -0.39 is 17.9 Å². The first-order valence-corrected chi connectivity index (χ1v) is 4.81.